The molecule has 0 fully saturated rings. The molecule has 1 aromatic carbocycles. The lowest BCUT2D eigenvalue weighted by Crippen LogP contribution is -2.09. The topological polar surface area (TPSA) is 54.7 Å². The zero-order valence-corrected chi connectivity index (χ0v) is 9.07. The first-order valence-electron chi connectivity index (χ1n) is 5.21. The highest BCUT2D eigenvalue weighted by Crippen LogP contribution is 2.26. The van der Waals surface area contributed by atoms with E-state index in [1.54, 1.807) is 18.3 Å². The minimum atomic E-state index is -0.239. The minimum Gasteiger partial charge on any atom is -0.330 e. The SMILES string of the molecule is CC(CN)c1cn[nH]c1-c1ccc(F)cc1. The molecule has 1 unspecified atom stereocenters. The smallest absolute Gasteiger partial charge is 0.123 e. The molecule has 2 aromatic rings. The second kappa shape index (κ2) is 4.45. The lowest BCUT2D eigenvalue weighted by Gasteiger charge is -2.08. The summed E-state index contributed by atoms with van der Waals surface area (Å²) >= 11 is 0. The number of hydrogen-bond acceptors (Lipinski definition) is 2. The van der Waals surface area contributed by atoms with Crippen LogP contribution in [0.1, 0.15) is 18.4 Å². The number of hydrogen-bond donors (Lipinski definition) is 2. The summed E-state index contributed by atoms with van der Waals surface area (Å²) in [5.41, 5.74) is 8.54. The van der Waals surface area contributed by atoms with Gasteiger partial charge in [-0.15, -0.1) is 0 Å². The van der Waals surface area contributed by atoms with E-state index >= 15 is 0 Å². The molecule has 0 amide bonds. The van der Waals surface area contributed by atoms with E-state index in [9.17, 15) is 4.39 Å². The second-order valence-corrected chi connectivity index (χ2v) is 3.84. The summed E-state index contributed by atoms with van der Waals surface area (Å²) in [4.78, 5) is 0. The average molecular weight is 219 g/mol. The van der Waals surface area contributed by atoms with Crippen molar-refractivity contribution < 1.29 is 4.39 Å². The van der Waals surface area contributed by atoms with Gasteiger partial charge in [0.05, 0.1) is 11.9 Å². The van der Waals surface area contributed by atoms with Gasteiger partial charge in [-0.1, -0.05) is 6.92 Å². The molecule has 1 atom stereocenters. The van der Waals surface area contributed by atoms with Gasteiger partial charge in [-0.25, -0.2) is 4.39 Å². The van der Waals surface area contributed by atoms with Gasteiger partial charge in [-0.2, -0.15) is 5.10 Å². The summed E-state index contributed by atoms with van der Waals surface area (Å²) in [7, 11) is 0. The minimum absolute atomic E-state index is 0.235. The third-order valence-electron chi connectivity index (χ3n) is 2.69. The van der Waals surface area contributed by atoms with Crippen molar-refractivity contribution in [3.05, 3.63) is 41.8 Å². The standard InChI is InChI=1S/C12H14FN3/c1-8(6-14)11-7-15-16-12(11)9-2-4-10(13)5-3-9/h2-5,7-8H,6,14H2,1H3,(H,15,16). The van der Waals surface area contributed by atoms with E-state index in [-0.39, 0.29) is 11.7 Å². The fraction of sp³-hybridized carbons (Fsp3) is 0.250. The van der Waals surface area contributed by atoms with E-state index in [1.807, 2.05) is 6.92 Å². The van der Waals surface area contributed by atoms with Gasteiger partial charge in [0.2, 0.25) is 0 Å². The van der Waals surface area contributed by atoms with Crippen LogP contribution in [-0.2, 0) is 0 Å². The quantitative estimate of drug-likeness (QED) is 0.832. The Labute approximate surface area is 93.5 Å². The number of aromatic nitrogens is 2. The van der Waals surface area contributed by atoms with Gasteiger partial charge in [0.25, 0.3) is 0 Å². The number of nitrogens with two attached hydrogens (primary N) is 1. The Bertz CT molecular complexity index is 461. The Kier molecular flexibility index (Phi) is 3.01. The molecule has 0 aliphatic heterocycles. The Balaban J connectivity index is 2.40. The molecule has 0 radical (unpaired) electrons. The Morgan fingerprint density at radius 2 is 2.06 bits per heavy atom. The molecule has 16 heavy (non-hydrogen) atoms. The van der Waals surface area contributed by atoms with Gasteiger partial charge in [-0.3, -0.25) is 5.10 Å². The highest BCUT2D eigenvalue weighted by atomic mass is 19.1. The van der Waals surface area contributed by atoms with Gasteiger partial charge >= 0.3 is 0 Å². The van der Waals surface area contributed by atoms with Crippen molar-refractivity contribution in [2.75, 3.05) is 6.54 Å². The van der Waals surface area contributed by atoms with Crippen molar-refractivity contribution in [2.24, 2.45) is 5.73 Å². The largest absolute Gasteiger partial charge is 0.330 e. The predicted molar refractivity (Wildman–Crippen MR) is 61.5 cm³/mol. The predicted octanol–water partition coefficient (Wildman–Crippen LogP) is 2.28. The molecule has 0 saturated carbocycles. The number of H-pyrrole nitrogens is 1. The summed E-state index contributed by atoms with van der Waals surface area (Å²) < 4.78 is 12.8. The monoisotopic (exact) mass is 219 g/mol. The second-order valence-electron chi connectivity index (χ2n) is 3.84. The molecule has 1 aromatic heterocycles. The Hall–Kier alpha value is -1.68. The molecule has 3 N–H and O–H groups in total. The fourth-order valence-electron chi connectivity index (χ4n) is 1.64. The molecule has 0 saturated heterocycles. The van der Waals surface area contributed by atoms with Crippen LogP contribution in [0.4, 0.5) is 4.39 Å². The van der Waals surface area contributed by atoms with Crippen molar-refractivity contribution in [2.45, 2.75) is 12.8 Å². The molecule has 3 nitrogen and oxygen atoms in total. The van der Waals surface area contributed by atoms with Crippen LogP contribution < -0.4 is 5.73 Å². The van der Waals surface area contributed by atoms with Gasteiger partial charge in [-0.05, 0) is 36.7 Å². The van der Waals surface area contributed by atoms with Crippen LogP contribution in [-0.4, -0.2) is 16.7 Å². The first-order chi connectivity index (χ1) is 7.72. The van der Waals surface area contributed by atoms with E-state index in [2.05, 4.69) is 10.2 Å². The van der Waals surface area contributed by atoms with Crippen LogP contribution in [0.3, 0.4) is 0 Å². The molecule has 0 aliphatic carbocycles. The first-order valence-corrected chi connectivity index (χ1v) is 5.21. The fourth-order valence-corrected chi connectivity index (χ4v) is 1.64. The van der Waals surface area contributed by atoms with Crippen molar-refractivity contribution in [1.29, 1.82) is 0 Å². The maximum Gasteiger partial charge on any atom is 0.123 e. The number of benzene rings is 1. The number of halogens is 1. The summed E-state index contributed by atoms with van der Waals surface area (Å²) in [6.07, 6.45) is 1.77. The maximum absolute atomic E-state index is 12.8. The molecular formula is C12H14FN3. The number of nitrogens with zero attached hydrogens (tertiary/aromatic N) is 1. The molecule has 4 heteroatoms. The van der Waals surface area contributed by atoms with E-state index in [0.717, 1.165) is 16.8 Å². The van der Waals surface area contributed by atoms with Crippen molar-refractivity contribution in [3.8, 4) is 11.3 Å². The van der Waals surface area contributed by atoms with Gasteiger partial charge in [0, 0.05) is 11.1 Å². The van der Waals surface area contributed by atoms with Crippen molar-refractivity contribution >= 4 is 0 Å². The molecule has 0 aliphatic rings. The highest BCUT2D eigenvalue weighted by molar-refractivity contribution is 5.63. The number of rotatable bonds is 3. The van der Waals surface area contributed by atoms with Crippen LogP contribution in [0.25, 0.3) is 11.3 Å². The van der Waals surface area contributed by atoms with E-state index < -0.39 is 0 Å². The maximum atomic E-state index is 12.8. The third kappa shape index (κ3) is 1.97. The molecule has 1 heterocycles. The van der Waals surface area contributed by atoms with E-state index in [1.165, 1.54) is 12.1 Å². The van der Waals surface area contributed by atoms with Crippen LogP contribution in [0.5, 0.6) is 0 Å². The highest BCUT2D eigenvalue weighted by Gasteiger charge is 2.12. The Morgan fingerprint density at radius 1 is 1.38 bits per heavy atom. The third-order valence-corrected chi connectivity index (χ3v) is 2.69. The lowest BCUT2D eigenvalue weighted by atomic mass is 9.98. The number of nitrogens with one attached hydrogen (secondary N) is 1. The molecule has 2 rings (SSSR count). The summed E-state index contributed by atoms with van der Waals surface area (Å²) in [5.74, 6) is -0.00417. The Morgan fingerprint density at radius 3 is 2.69 bits per heavy atom. The number of aromatic amines is 1. The van der Waals surface area contributed by atoms with Crippen molar-refractivity contribution in [3.63, 3.8) is 0 Å². The van der Waals surface area contributed by atoms with Gasteiger partial charge in [0.1, 0.15) is 5.82 Å². The van der Waals surface area contributed by atoms with Crippen LogP contribution >= 0.6 is 0 Å². The first kappa shape index (κ1) is 10.8. The molecule has 0 bridgehead atoms. The summed E-state index contributed by atoms with van der Waals surface area (Å²) in [5, 5.41) is 6.94. The van der Waals surface area contributed by atoms with Crippen LogP contribution in [0, 0.1) is 5.82 Å². The van der Waals surface area contributed by atoms with Crippen molar-refractivity contribution in [1.82, 2.24) is 10.2 Å². The lowest BCUT2D eigenvalue weighted by molar-refractivity contribution is 0.628. The molecule has 0 spiro atoms. The normalized spacial score (nSPS) is 12.7. The van der Waals surface area contributed by atoms with Gasteiger partial charge in [0.15, 0.2) is 0 Å². The zero-order valence-electron chi connectivity index (χ0n) is 9.07. The molecular weight excluding hydrogens is 205 g/mol. The molecule has 84 valence electrons. The summed E-state index contributed by atoms with van der Waals surface area (Å²) in [6.45, 7) is 2.60. The zero-order chi connectivity index (χ0) is 11.5. The average Bonchev–Trinajstić information content (AvgIpc) is 2.78. The van der Waals surface area contributed by atoms with E-state index in [0.29, 0.717) is 6.54 Å². The van der Waals surface area contributed by atoms with Gasteiger partial charge < -0.3 is 5.73 Å². The van der Waals surface area contributed by atoms with Crippen LogP contribution in [0.15, 0.2) is 30.5 Å². The van der Waals surface area contributed by atoms with E-state index in [4.69, 9.17) is 5.73 Å². The summed E-state index contributed by atoms with van der Waals surface area (Å²) in [6, 6.07) is 6.34. The van der Waals surface area contributed by atoms with Crippen LogP contribution in [0.2, 0.25) is 0 Å².